The van der Waals surface area contributed by atoms with E-state index in [-0.39, 0.29) is 11.8 Å². The molecule has 1 atom stereocenters. The van der Waals surface area contributed by atoms with Crippen LogP contribution < -0.4 is 10.1 Å². The summed E-state index contributed by atoms with van der Waals surface area (Å²) in [6.07, 6.45) is 0.842. The Balaban J connectivity index is 1.98. The summed E-state index contributed by atoms with van der Waals surface area (Å²) in [6.45, 7) is 2.63. The second kappa shape index (κ2) is 7.34. The standard InChI is InChI=1S/C17H20ClNO2/c1-12(10-13-6-3-4-9-17(13)21-2)19-11-14-15(18)7-5-8-16(14)20/h3-9,12,19-20H,10-11H2,1-2H3. The van der Waals surface area contributed by atoms with Gasteiger partial charge < -0.3 is 15.2 Å². The fraction of sp³-hybridized carbons (Fsp3) is 0.294. The lowest BCUT2D eigenvalue weighted by Gasteiger charge is -2.17. The average molecular weight is 306 g/mol. The number of ether oxygens (including phenoxy) is 1. The molecule has 2 N–H and O–H groups in total. The van der Waals surface area contributed by atoms with Crippen molar-refractivity contribution in [3.8, 4) is 11.5 Å². The third-order valence-electron chi connectivity index (χ3n) is 3.44. The molecule has 21 heavy (non-hydrogen) atoms. The largest absolute Gasteiger partial charge is 0.508 e. The summed E-state index contributed by atoms with van der Waals surface area (Å²) in [4.78, 5) is 0. The van der Waals surface area contributed by atoms with Crippen LogP contribution in [0.2, 0.25) is 5.02 Å². The number of para-hydroxylation sites is 1. The number of rotatable bonds is 6. The van der Waals surface area contributed by atoms with Crippen LogP contribution in [-0.2, 0) is 13.0 Å². The van der Waals surface area contributed by atoms with Crippen LogP contribution >= 0.6 is 11.6 Å². The Morgan fingerprint density at radius 1 is 1.19 bits per heavy atom. The summed E-state index contributed by atoms with van der Waals surface area (Å²) < 4.78 is 5.36. The molecular weight excluding hydrogens is 286 g/mol. The highest BCUT2D eigenvalue weighted by molar-refractivity contribution is 6.31. The Morgan fingerprint density at radius 3 is 2.67 bits per heavy atom. The maximum absolute atomic E-state index is 9.83. The fourth-order valence-electron chi connectivity index (χ4n) is 2.27. The highest BCUT2D eigenvalue weighted by atomic mass is 35.5. The molecule has 0 fully saturated rings. The molecule has 2 aromatic carbocycles. The molecule has 0 spiro atoms. The van der Waals surface area contributed by atoms with Gasteiger partial charge in [-0.3, -0.25) is 0 Å². The van der Waals surface area contributed by atoms with E-state index >= 15 is 0 Å². The Labute approximate surface area is 130 Å². The third-order valence-corrected chi connectivity index (χ3v) is 3.79. The molecule has 3 nitrogen and oxygen atoms in total. The first kappa shape index (κ1) is 15.7. The fourth-order valence-corrected chi connectivity index (χ4v) is 2.51. The molecule has 0 saturated heterocycles. The zero-order chi connectivity index (χ0) is 15.2. The van der Waals surface area contributed by atoms with Gasteiger partial charge in [0, 0.05) is 23.2 Å². The summed E-state index contributed by atoms with van der Waals surface area (Å²) in [5, 5.41) is 13.8. The van der Waals surface area contributed by atoms with Gasteiger partial charge in [-0.25, -0.2) is 0 Å². The van der Waals surface area contributed by atoms with Crippen LogP contribution in [0.25, 0.3) is 0 Å². The zero-order valence-corrected chi connectivity index (χ0v) is 13.0. The van der Waals surface area contributed by atoms with Gasteiger partial charge in [-0.05, 0) is 37.1 Å². The lowest BCUT2D eigenvalue weighted by atomic mass is 10.1. The van der Waals surface area contributed by atoms with Gasteiger partial charge in [0.2, 0.25) is 0 Å². The monoisotopic (exact) mass is 305 g/mol. The lowest BCUT2D eigenvalue weighted by Crippen LogP contribution is -2.27. The molecule has 112 valence electrons. The number of phenols is 1. The topological polar surface area (TPSA) is 41.5 Å². The van der Waals surface area contributed by atoms with Crippen LogP contribution in [0.3, 0.4) is 0 Å². The molecule has 0 aromatic heterocycles. The van der Waals surface area contributed by atoms with Gasteiger partial charge in [0.05, 0.1) is 7.11 Å². The Bertz CT molecular complexity index is 581. The molecule has 0 radical (unpaired) electrons. The molecule has 4 heteroatoms. The van der Waals surface area contributed by atoms with Crippen molar-refractivity contribution in [2.75, 3.05) is 7.11 Å². The van der Waals surface area contributed by atoms with Crippen LogP contribution in [0.15, 0.2) is 42.5 Å². The summed E-state index contributed by atoms with van der Waals surface area (Å²) in [7, 11) is 1.68. The first-order valence-electron chi connectivity index (χ1n) is 6.93. The summed E-state index contributed by atoms with van der Waals surface area (Å²) in [6, 6.07) is 13.4. The van der Waals surface area contributed by atoms with Crippen LogP contribution in [0, 0.1) is 0 Å². The number of aromatic hydroxyl groups is 1. The summed E-state index contributed by atoms with van der Waals surface area (Å²) >= 11 is 6.10. The number of phenolic OH excluding ortho intramolecular Hbond substituents is 1. The minimum Gasteiger partial charge on any atom is -0.508 e. The quantitative estimate of drug-likeness (QED) is 0.853. The number of hydrogen-bond acceptors (Lipinski definition) is 3. The maximum atomic E-state index is 9.83. The van der Waals surface area contributed by atoms with E-state index in [1.165, 1.54) is 0 Å². The van der Waals surface area contributed by atoms with Gasteiger partial charge in [0.25, 0.3) is 0 Å². The SMILES string of the molecule is COc1ccccc1CC(C)NCc1c(O)cccc1Cl. The van der Waals surface area contributed by atoms with Crippen molar-refractivity contribution in [2.24, 2.45) is 0 Å². The van der Waals surface area contributed by atoms with E-state index in [9.17, 15) is 5.11 Å². The predicted molar refractivity (Wildman–Crippen MR) is 86.1 cm³/mol. The minimum atomic E-state index is 0.222. The Morgan fingerprint density at radius 2 is 1.95 bits per heavy atom. The Kier molecular flexibility index (Phi) is 5.48. The molecule has 0 bridgehead atoms. The number of methoxy groups -OCH3 is 1. The van der Waals surface area contributed by atoms with Crippen LogP contribution in [0.1, 0.15) is 18.1 Å². The normalized spacial score (nSPS) is 12.1. The molecule has 0 amide bonds. The summed E-state index contributed by atoms with van der Waals surface area (Å²) in [5.74, 6) is 1.12. The molecule has 1 unspecified atom stereocenters. The maximum Gasteiger partial charge on any atom is 0.122 e. The number of halogens is 1. The second-order valence-corrected chi connectivity index (χ2v) is 5.44. The number of hydrogen-bond donors (Lipinski definition) is 2. The van der Waals surface area contributed by atoms with Crippen molar-refractivity contribution in [1.82, 2.24) is 5.32 Å². The van der Waals surface area contributed by atoms with Crippen molar-refractivity contribution >= 4 is 11.6 Å². The Hall–Kier alpha value is -1.71. The molecular formula is C17H20ClNO2. The van der Waals surface area contributed by atoms with E-state index in [0.29, 0.717) is 11.6 Å². The molecule has 0 aliphatic heterocycles. The first-order chi connectivity index (χ1) is 10.1. The van der Waals surface area contributed by atoms with Crippen LogP contribution in [-0.4, -0.2) is 18.3 Å². The van der Waals surface area contributed by atoms with Gasteiger partial charge >= 0.3 is 0 Å². The molecule has 0 heterocycles. The van der Waals surface area contributed by atoms with Crippen molar-refractivity contribution in [3.63, 3.8) is 0 Å². The van der Waals surface area contributed by atoms with Crippen LogP contribution in [0.5, 0.6) is 11.5 Å². The van der Waals surface area contributed by atoms with Gasteiger partial charge in [-0.15, -0.1) is 0 Å². The van der Waals surface area contributed by atoms with E-state index in [4.69, 9.17) is 16.3 Å². The van der Waals surface area contributed by atoms with Crippen LogP contribution in [0.4, 0.5) is 0 Å². The first-order valence-corrected chi connectivity index (χ1v) is 7.31. The van der Waals surface area contributed by atoms with Crippen molar-refractivity contribution in [1.29, 1.82) is 0 Å². The second-order valence-electron chi connectivity index (χ2n) is 5.04. The van der Waals surface area contributed by atoms with E-state index in [2.05, 4.69) is 18.3 Å². The highest BCUT2D eigenvalue weighted by Crippen LogP contribution is 2.25. The summed E-state index contributed by atoms with van der Waals surface area (Å²) in [5.41, 5.74) is 1.88. The van der Waals surface area contributed by atoms with Gasteiger partial charge in [-0.2, -0.15) is 0 Å². The van der Waals surface area contributed by atoms with E-state index in [1.54, 1.807) is 25.3 Å². The lowest BCUT2D eigenvalue weighted by molar-refractivity contribution is 0.405. The predicted octanol–water partition coefficient (Wildman–Crippen LogP) is 3.78. The molecule has 2 rings (SSSR count). The van der Waals surface area contributed by atoms with Crippen molar-refractivity contribution in [2.45, 2.75) is 25.9 Å². The van der Waals surface area contributed by atoms with Gasteiger partial charge in [0.15, 0.2) is 0 Å². The minimum absolute atomic E-state index is 0.222. The molecule has 0 aliphatic carbocycles. The molecule has 0 saturated carbocycles. The smallest absolute Gasteiger partial charge is 0.122 e. The highest BCUT2D eigenvalue weighted by Gasteiger charge is 2.10. The zero-order valence-electron chi connectivity index (χ0n) is 12.3. The number of nitrogens with one attached hydrogen (secondary N) is 1. The van der Waals surface area contributed by atoms with Crippen molar-refractivity contribution < 1.29 is 9.84 Å². The van der Waals surface area contributed by atoms with E-state index in [0.717, 1.165) is 23.3 Å². The molecule has 2 aromatic rings. The average Bonchev–Trinajstić information content (AvgIpc) is 2.47. The molecule has 0 aliphatic rings. The van der Waals surface area contributed by atoms with E-state index < -0.39 is 0 Å². The third kappa shape index (κ3) is 4.13. The van der Waals surface area contributed by atoms with Gasteiger partial charge in [0.1, 0.15) is 11.5 Å². The van der Waals surface area contributed by atoms with Crippen molar-refractivity contribution in [3.05, 3.63) is 58.6 Å². The van der Waals surface area contributed by atoms with Gasteiger partial charge in [-0.1, -0.05) is 35.9 Å². The van der Waals surface area contributed by atoms with E-state index in [1.807, 2.05) is 18.2 Å². The number of benzene rings is 2.